The first-order valence-corrected chi connectivity index (χ1v) is 6.15. The third kappa shape index (κ3) is 2.06. The highest BCUT2D eigenvalue weighted by Gasteiger charge is 2.04. The molecule has 5 heteroatoms. The van der Waals surface area contributed by atoms with Crippen LogP contribution in [0.3, 0.4) is 0 Å². The van der Waals surface area contributed by atoms with Gasteiger partial charge in [0.25, 0.3) is 0 Å². The molecule has 0 aliphatic rings. The highest BCUT2D eigenvalue weighted by atomic mass is 32.2. The van der Waals surface area contributed by atoms with E-state index in [1.165, 1.54) is 11.8 Å². The van der Waals surface area contributed by atoms with Gasteiger partial charge in [-0.15, -0.1) is 0 Å². The third-order valence-corrected chi connectivity index (χ3v) is 3.30. The van der Waals surface area contributed by atoms with Crippen LogP contribution in [0.2, 0.25) is 0 Å². The second-order valence-electron chi connectivity index (χ2n) is 3.65. The van der Waals surface area contributed by atoms with Gasteiger partial charge in [-0.05, 0) is 24.3 Å². The van der Waals surface area contributed by atoms with Crippen LogP contribution in [0.4, 0.5) is 0 Å². The fourth-order valence-electron chi connectivity index (χ4n) is 1.63. The van der Waals surface area contributed by atoms with E-state index in [2.05, 4.69) is 15.0 Å². The summed E-state index contributed by atoms with van der Waals surface area (Å²) in [7, 11) is 0. The van der Waals surface area contributed by atoms with E-state index in [-0.39, 0.29) is 0 Å². The Morgan fingerprint density at radius 1 is 1.22 bits per heavy atom. The van der Waals surface area contributed by atoms with E-state index in [9.17, 15) is 0 Å². The third-order valence-electron chi connectivity index (χ3n) is 2.43. The smallest absolute Gasteiger partial charge is 0.171 e. The molecule has 18 heavy (non-hydrogen) atoms. The van der Waals surface area contributed by atoms with E-state index in [0.29, 0.717) is 5.69 Å². The second kappa shape index (κ2) is 4.51. The standard InChI is InChI=1S/C13H8N4S/c14-8-9-7-10(5-6-15-9)18-13-16-11-3-1-2-4-12(11)17-13/h1-7H,(H,16,17). The van der Waals surface area contributed by atoms with Gasteiger partial charge in [0, 0.05) is 11.1 Å². The number of imidazole rings is 1. The van der Waals surface area contributed by atoms with E-state index in [1.54, 1.807) is 12.3 Å². The van der Waals surface area contributed by atoms with Crippen molar-refractivity contribution in [2.75, 3.05) is 0 Å². The van der Waals surface area contributed by atoms with Gasteiger partial charge in [-0.1, -0.05) is 23.9 Å². The molecule has 0 aliphatic carbocycles. The van der Waals surface area contributed by atoms with Gasteiger partial charge < -0.3 is 4.98 Å². The predicted molar refractivity (Wildman–Crippen MR) is 69.2 cm³/mol. The van der Waals surface area contributed by atoms with Crippen LogP contribution in [0.5, 0.6) is 0 Å². The highest BCUT2D eigenvalue weighted by molar-refractivity contribution is 7.99. The average Bonchev–Trinajstić information content (AvgIpc) is 2.81. The molecule has 4 nitrogen and oxygen atoms in total. The number of nitrogens with one attached hydrogen (secondary N) is 1. The Kier molecular flexibility index (Phi) is 2.71. The molecule has 0 saturated heterocycles. The zero-order chi connectivity index (χ0) is 12.4. The van der Waals surface area contributed by atoms with Crippen molar-refractivity contribution in [1.82, 2.24) is 15.0 Å². The van der Waals surface area contributed by atoms with Crippen molar-refractivity contribution < 1.29 is 0 Å². The van der Waals surface area contributed by atoms with E-state index < -0.39 is 0 Å². The molecule has 0 radical (unpaired) electrons. The second-order valence-corrected chi connectivity index (χ2v) is 4.71. The number of nitriles is 1. The number of aromatic nitrogens is 3. The van der Waals surface area contributed by atoms with Gasteiger partial charge >= 0.3 is 0 Å². The van der Waals surface area contributed by atoms with Crippen molar-refractivity contribution in [3.05, 3.63) is 48.3 Å². The van der Waals surface area contributed by atoms with Gasteiger partial charge in [-0.25, -0.2) is 9.97 Å². The topological polar surface area (TPSA) is 65.4 Å². The molecule has 0 spiro atoms. The summed E-state index contributed by atoms with van der Waals surface area (Å²) in [6.45, 7) is 0. The minimum Gasteiger partial charge on any atom is -0.333 e. The molecule has 0 unspecified atom stereocenters. The SMILES string of the molecule is N#Cc1cc(Sc2nc3ccccc3[nH]2)ccn1. The molecule has 2 heterocycles. The summed E-state index contributed by atoms with van der Waals surface area (Å²) in [6, 6.07) is 13.5. The van der Waals surface area contributed by atoms with E-state index in [0.717, 1.165) is 21.1 Å². The largest absolute Gasteiger partial charge is 0.333 e. The maximum Gasteiger partial charge on any atom is 0.171 e. The molecule has 1 aromatic carbocycles. The van der Waals surface area contributed by atoms with Crippen LogP contribution in [0.25, 0.3) is 11.0 Å². The van der Waals surface area contributed by atoms with Gasteiger partial charge in [0.05, 0.1) is 11.0 Å². The quantitative estimate of drug-likeness (QED) is 0.761. The Morgan fingerprint density at radius 3 is 2.94 bits per heavy atom. The van der Waals surface area contributed by atoms with E-state index in [4.69, 9.17) is 5.26 Å². The highest BCUT2D eigenvalue weighted by Crippen LogP contribution is 2.26. The number of fused-ring (bicyclic) bond motifs is 1. The molecule has 0 bridgehead atoms. The van der Waals surface area contributed by atoms with Crippen molar-refractivity contribution in [3.63, 3.8) is 0 Å². The number of para-hydroxylation sites is 2. The lowest BCUT2D eigenvalue weighted by Gasteiger charge is -1.96. The summed E-state index contributed by atoms with van der Waals surface area (Å²) < 4.78 is 0. The van der Waals surface area contributed by atoms with Crippen molar-refractivity contribution in [2.24, 2.45) is 0 Å². The summed E-state index contributed by atoms with van der Waals surface area (Å²) in [6.07, 6.45) is 1.63. The molecule has 86 valence electrons. The molecule has 3 aromatic rings. The predicted octanol–water partition coefficient (Wildman–Crippen LogP) is 2.98. The minimum atomic E-state index is 0.413. The normalized spacial score (nSPS) is 10.4. The fraction of sp³-hybridized carbons (Fsp3) is 0. The number of aromatic amines is 1. The Bertz CT molecular complexity index is 709. The van der Waals surface area contributed by atoms with Crippen molar-refractivity contribution in [3.8, 4) is 6.07 Å². The lowest BCUT2D eigenvalue weighted by molar-refractivity contribution is 1.08. The summed E-state index contributed by atoms with van der Waals surface area (Å²) in [5, 5.41) is 9.61. The summed E-state index contributed by atoms with van der Waals surface area (Å²) in [5.74, 6) is 0. The molecule has 0 atom stereocenters. The fourth-order valence-corrected chi connectivity index (χ4v) is 2.45. The number of pyridine rings is 1. The lowest BCUT2D eigenvalue weighted by atomic mass is 10.3. The van der Waals surface area contributed by atoms with Gasteiger partial charge in [0.15, 0.2) is 5.16 Å². The van der Waals surface area contributed by atoms with Gasteiger partial charge in [0.2, 0.25) is 0 Å². The first-order chi connectivity index (χ1) is 8.85. The first-order valence-electron chi connectivity index (χ1n) is 5.34. The van der Waals surface area contributed by atoms with Gasteiger partial charge in [-0.3, -0.25) is 0 Å². The number of H-pyrrole nitrogens is 1. The van der Waals surface area contributed by atoms with Crippen molar-refractivity contribution in [2.45, 2.75) is 10.1 Å². The van der Waals surface area contributed by atoms with Crippen LogP contribution < -0.4 is 0 Å². The van der Waals surface area contributed by atoms with Crippen molar-refractivity contribution in [1.29, 1.82) is 5.26 Å². The van der Waals surface area contributed by atoms with Crippen LogP contribution >= 0.6 is 11.8 Å². The summed E-state index contributed by atoms with van der Waals surface area (Å²) in [5.41, 5.74) is 2.36. The number of benzene rings is 1. The molecule has 0 amide bonds. The van der Waals surface area contributed by atoms with Gasteiger partial charge in [0.1, 0.15) is 11.8 Å². The molecular formula is C13H8N4S. The Balaban J connectivity index is 1.94. The zero-order valence-corrected chi connectivity index (χ0v) is 10.1. The molecular weight excluding hydrogens is 244 g/mol. The van der Waals surface area contributed by atoms with Crippen LogP contribution in [0.15, 0.2) is 52.6 Å². The molecule has 0 fully saturated rings. The zero-order valence-electron chi connectivity index (χ0n) is 9.29. The van der Waals surface area contributed by atoms with E-state index >= 15 is 0 Å². The molecule has 3 rings (SSSR count). The Labute approximate surface area is 108 Å². The van der Waals surface area contributed by atoms with Crippen LogP contribution in [-0.4, -0.2) is 15.0 Å². The average molecular weight is 252 g/mol. The summed E-state index contributed by atoms with van der Waals surface area (Å²) in [4.78, 5) is 12.6. The number of hydrogen-bond donors (Lipinski definition) is 1. The number of hydrogen-bond acceptors (Lipinski definition) is 4. The maximum absolute atomic E-state index is 8.80. The molecule has 0 saturated carbocycles. The molecule has 0 aliphatic heterocycles. The van der Waals surface area contributed by atoms with Crippen LogP contribution in [0.1, 0.15) is 5.69 Å². The van der Waals surface area contributed by atoms with Gasteiger partial charge in [-0.2, -0.15) is 5.26 Å². The van der Waals surface area contributed by atoms with Crippen molar-refractivity contribution >= 4 is 22.8 Å². The monoisotopic (exact) mass is 252 g/mol. The number of rotatable bonds is 2. The van der Waals surface area contributed by atoms with Crippen LogP contribution in [-0.2, 0) is 0 Å². The number of nitrogens with zero attached hydrogens (tertiary/aromatic N) is 3. The summed E-state index contributed by atoms with van der Waals surface area (Å²) >= 11 is 1.49. The minimum absolute atomic E-state index is 0.413. The first kappa shape index (κ1) is 10.8. The molecule has 2 aromatic heterocycles. The van der Waals surface area contributed by atoms with E-state index in [1.807, 2.05) is 36.4 Å². The Morgan fingerprint density at radius 2 is 2.11 bits per heavy atom. The maximum atomic E-state index is 8.80. The Hall–Kier alpha value is -2.32. The molecule has 1 N–H and O–H groups in total. The lowest BCUT2D eigenvalue weighted by Crippen LogP contribution is -1.82. The van der Waals surface area contributed by atoms with Crippen LogP contribution in [0, 0.1) is 11.3 Å².